The Bertz CT molecular complexity index is 1510. The van der Waals surface area contributed by atoms with E-state index in [9.17, 15) is 24.0 Å². The van der Waals surface area contributed by atoms with Gasteiger partial charge in [0.2, 0.25) is 17.6 Å². The van der Waals surface area contributed by atoms with E-state index in [1.165, 1.54) is 6.42 Å². The first-order valence-corrected chi connectivity index (χ1v) is 19.2. The number of likely N-dealkylation sites (tertiary alicyclic amines) is 1. The van der Waals surface area contributed by atoms with Crippen molar-refractivity contribution in [2.75, 3.05) is 13.7 Å². The second-order valence-corrected chi connectivity index (χ2v) is 17.0. The van der Waals surface area contributed by atoms with Crippen LogP contribution in [0.15, 0.2) is 17.3 Å². The first kappa shape index (κ1) is 38.7. The number of ether oxygens (including phenoxy) is 1. The molecule has 3 fully saturated rings. The molecule has 1 aromatic rings. The largest absolute Gasteiger partial charge is 0.496 e. The number of methoxy groups -OCH3 is 1. The summed E-state index contributed by atoms with van der Waals surface area (Å²) in [6.45, 7) is 11.8. The number of carbonyl (C=O) groups is 5. The quantitative estimate of drug-likeness (QED) is 0.204. The molecule has 10 nitrogen and oxygen atoms in total. The Morgan fingerprint density at radius 1 is 1.00 bits per heavy atom. The highest BCUT2D eigenvalue weighted by molar-refractivity contribution is 6.38. The lowest BCUT2D eigenvalue weighted by molar-refractivity contribution is -0.145. The molecule has 1 saturated heterocycles. The highest BCUT2D eigenvalue weighted by Crippen LogP contribution is 2.42. The summed E-state index contributed by atoms with van der Waals surface area (Å²) in [6, 6.07) is 2.24. The summed E-state index contributed by atoms with van der Waals surface area (Å²) in [5, 5.41) is 7.58. The van der Waals surface area contributed by atoms with E-state index in [-0.39, 0.29) is 49.3 Å². The van der Waals surface area contributed by atoms with E-state index in [1.807, 2.05) is 53.7 Å². The minimum Gasteiger partial charge on any atom is -0.496 e. The van der Waals surface area contributed by atoms with E-state index >= 15 is 0 Å². The van der Waals surface area contributed by atoms with Gasteiger partial charge >= 0.3 is 0 Å². The van der Waals surface area contributed by atoms with Gasteiger partial charge in [-0.3, -0.25) is 24.0 Å². The van der Waals surface area contributed by atoms with Crippen LogP contribution in [-0.4, -0.2) is 71.1 Å². The first-order chi connectivity index (χ1) is 24.1. The number of nitrogens with one attached hydrogen (secondary N) is 1. The second kappa shape index (κ2) is 16.0. The summed E-state index contributed by atoms with van der Waals surface area (Å²) in [6.07, 6.45) is 9.55. The Hall–Kier alpha value is -3.56. The van der Waals surface area contributed by atoms with Crippen LogP contribution >= 0.6 is 0 Å². The van der Waals surface area contributed by atoms with Gasteiger partial charge in [-0.25, -0.2) is 0 Å². The molecule has 4 atom stereocenters. The van der Waals surface area contributed by atoms with Crippen LogP contribution in [0.3, 0.4) is 0 Å². The predicted molar refractivity (Wildman–Crippen MR) is 196 cm³/mol. The lowest BCUT2D eigenvalue weighted by Crippen LogP contribution is -2.57. The normalized spacial score (nSPS) is 23.4. The molecule has 0 radical (unpaired) electrons. The molecule has 0 unspecified atom stereocenters. The zero-order valence-electron chi connectivity index (χ0n) is 31.9. The smallest absolute Gasteiger partial charge is 0.246 e. The fourth-order valence-electron chi connectivity index (χ4n) is 8.43. The minimum atomic E-state index is -0.951. The van der Waals surface area contributed by atoms with Crippen LogP contribution in [0.2, 0.25) is 0 Å². The van der Waals surface area contributed by atoms with Gasteiger partial charge in [0.1, 0.15) is 11.8 Å². The number of benzene rings is 1. The maximum atomic E-state index is 14.7. The van der Waals surface area contributed by atoms with Crippen LogP contribution in [0, 0.1) is 37.0 Å². The van der Waals surface area contributed by atoms with Gasteiger partial charge in [0.25, 0.3) is 0 Å². The Balaban J connectivity index is 1.40. The molecule has 1 aromatic carbocycles. The van der Waals surface area contributed by atoms with Crippen molar-refractivity contribution in [2.24, 2.45) is 28.3 Å². The third-order valence-corrected chi connectivity index (χ3v) is 11.4. The van der Waals surface area contributed by atoms with Crippen LogP contribution in [0.25, 0.3) is 0 Å². The monoisotopic (exact) mass is 705 g/mol. The van der Waals surface area contributed by atoms with Gasteiger partial charge in [-0.05, 0) is 86.5 Å². The number of hydrogen-bond acceptors (Lipinski definition) is 8. The zero-order chi connectivity index (χ0) is 37.1. The molecule has 0 bridgehead atoms. The number of carbonyl (C=O) groups excluding carboxylic acids is 5. The van der Waals surface area contributed by atoms with E-state index in [2.05, 4.69) is 10.5 Å². The lowest BCUT2D eigenvalue weighted by atomic mass is 9.83. The molecule has 51 heavy (non-hydrogen) atoms. The summed E-state index contributed by atoms with van der Waals surface area (Å²) < 4.78 is 5.56. The topological polar surface area (TPSA) is 131 Å². The van der Waals surface area contributed by atoms with Gasteiger partial charge in [0, 0.05) is 43.6 Å². The zero-order valence-corrected chi connectivity index (χ0v) is 31.9. The van der Waals surface area contributed by atoms with E-state index in [0.717, 1.165) is 66.7 Å². The van der Waals surface area contributed by atoms with Crippen molar-refractivity contribution in [2.45, 2.75) is 149 Å². The molecular formula is C41H59N3O7. The van der Waals surface area contributed by atoms with Gasteiger partial charge in [-0.15, -0.1) is 0 Å². The van der Waals surface area contributed by atoms with E-state index < -0.39 is 40.6 Å². The molecule has 2 saturated carbocycles. The van der Waals surface area contributed by atoms with Crippen molar-refractivity contribution < 1.29 is 33.5 Å². The van der Waals surface area contributed by atoms with Crippen LogP contribution in [0.5, 0.6) is 5.75 Å². The van der Waals surface area contributed by atoms with Gasteiger partial charge in [0.15, 0.2) is 17.2 Å². The number of hydrogen-bond donors (Lipinski definition) is 1. The van der Waals surface area contributed by atoms with Crippen molar-refractivity contribution in [3.63, 3.8) is 0 Å². The van der Waals surface area contributed by atoms with Gasteiger partial charge in [0.05, 0.1) is 25.4 Å². The fourth-order valence-corrected chi connectivity index (χ4v) is 8.43. The van der Waals surface area contributed by atoms with Crippen LogP contribution < -0.4 is 10.1 Å². The summed E-state index contributed by atoms with van der Waals surface area (Å²) >= 11 is 0. The molecular weight excluding hydrogens is 646 g/mol. The summed E-state index contributed by atoms with van der Waals surface area (Å²) in [5.41, 5.74) is 1.95. The fraction of sp³-hybridized carbons (Fsp3) is 0.707. The average Bonchev–Trinajstić information content (AvgIpc) is 3.67. The van der Waals surface area contributed by atoms with Crippen molar-refractivity contribution in [3.8, 4) is 5.75 Å². The summed E-state index contributed by atoms with van der Waals surface area (Å²) in [7, 11) is 1.65. The Kier molecular flexibility index (Phi) is 12.1. The van der Waals surface area contributed by atoms with Gasteiger partial charge < -0.3 is 19.8 Å². The SMILES string of the molecule is CCC[C@@H](CC(=O)[C@@H]1C[C@]2(CC(c3cc(C)c(OC)c(C)c3)=NO2)CN1C(=O)[C@@H](NC(=O)CC1CCCCC1)C(C)(C)C)C(=O)C(=O)CC1CC1. The lowest BCUT2D eigenvalue weighted by Gasteiger charge is -2.36. The highest BCUT2D eigenvalue weighted by Gasteiger charge is 2.55. The third-order valence-electron chi connectivity index (χ3n) is 11.4. The maximum Gasteiger partial charge on any atom is 0.246 e. The van der Waals surface area contributed by atoms with Crippen LogP contribution in [-0.2, 0) is 28.8 Å². The number of nitrogens with zero attached hydrogens (tertiary/aromatic N) is 2. The van der Waals surface area contributed by atoms with Crippen molar-refractivity contribution in [1.29, 1.82) is 0 Å². The molecule has 2 aliphatic carbocycles. The summed E-state index contributed by atoms with van der Waals surface area (Å²) in [4.78, 5) is 76.5. The molecule has 4 aliphatic rings. The van der Waals surface area contributed by atoms with Crippen molar-refractivity contribution >= 4 is 34.9 Å². The third kappa shape index (κ3) is 9.28. The second-order valence-electron chi connectivity index (χ2n) is 17.0. The Morgan fingerprint density at radius 2 is 1.65 bits per heavy atom. The average molecular weight is 706 g/mol. The van der Waals surface area contributed by atoms with Crippen LogP contribution in [0.1, 0.15) is 134 Å². The number of amides is 2. The van der Waals surface area contributed by atoms with Crippen molar-refractivity contribution in [1.82, 2.24) is 10.2 Å². The molecule has 0 aromatic heterocycles. The van der Waals surface area contributed by atoms with E-state index in [0.29, 0.717) is 31.6 Å². The van der Waals surface area contributed by atoms with Crippen molar-refractivity contribution in [3.05, 3.63) is 28.8 Å². The standard InChI is InChI=1S/C41H59N3O7/c1-8-12-29(36(48)34(46)19-28-15-16-28)21-33(45)32-23-41(22-31(43-51-41)30-17-25(2)37(50-7)26(3)18-30)24-44(32)39(49)38(40(4,5)6)42-35(47)20-27-13-10-9-11-14-27/h17-18,27-29,32,38H,8-16,19-24H2,1-7H3,(H,42,47)/t29-,32-,38+,41+/m0/s1. The molecule has 1 N–H and O–H groups in total. The number of aryl methyl sites for hydroxylation is 2. The highest BCUT2D eigenvalue weighted by atomic mass is 16.7. The van der Waals surface area contributed by atoms with E-state index in [1.54, 1.807) is 12.0 Å². The Labute approximate surface area is 303 Å². The van der Waals surface area contributed by atoms with Gasteiger partial charge in [-0.2, -0.15) is 0 Å². The first-order valence-electron chi connectivity index (χ1n) is 19.2. The predicted octanol–water partition coefficient (Wildman–Crippen LogP) is 6.59. The number of Topliss-reactive ketones (excluding diaryl/α,β-unsaturated/α-hetero) is 3. The van der Waals surface area contributed by atoms with Gasteiger partial charge in [-0.1, -0.05) is 58.5 Å². The van der Waals surface area contributed by atoms with Crippen LogP contribution in [0.4, 0.5) is 0 Å². The molecule has 1 spiro atoms. The molecule has 10 heteroatoms. The molecule has 5 rings (SSSR count). The molecule has 2 heterocycles. The Morgan fingerprint density at radius 3 is 2.24 bits per heavy atom. The minimum absolute atomic E-state index is 0.113. The number of rotatable bonds is 15. The molecule has 2 amide bonds. The van der Waals surface area contributed by atoms with E-state index in [4.69, 9.17) is 9.57 Å². The molecule has 2 aliphatic heterocycles. The summed E-state index contributed by atoms with van der Waals surface area (Å²) in [5.74, 6) is -0.957. The number of ketones is 3. The maximum absolute atomic E-state index is 14.7. The number of oxime groups is 1. The molecule has 280 valence electrons.